The van der Waals surface area contributed by atoms with Crippen LogP contribution in [0.15, 0.2) is 134 Å². The summed E-state index contributed by atoms with van der Waals surface area (Å²) in [5.74, 6) is -0.460. The number of carbonyl (C=O) groups excluding carboxylic acids is 2. The second kappa shape index (κ2) is 22.1. The number of aryl methyl sites for hydroxylation is 4. The topological polar surface area (TPSA) is 104 Å². The number of hydrogen-bond donors (Lipinski definition) is 1. The third-order valence-corrected chi connectivity index (χ3v) is 9.40. The number of esters is 2. The van der Waals surface area contributed by atoms with Crippen LogP contribution in [0.4, 0.5) is 0 Å². The fraction of sp³-hybridized carbons (Fsp3) is 0.250. The Morgan fingerprint density at radius 1 is 0.571 bits per heavy atom. The van der Waals surface area contributed by atoms with Crippen molar-refractivity contribution in [3.63, 3.8) is 0 Å². The summed E-state index contributed by atoms with van der Waals surface area (Å²) < 4.78 is 10.7. The lowest BCUT2D eigenvalue weighted by Gasteiger charge is -2.14. The van der Waals surface area contributed by atoms with Crippen molar-refractivity contribution >= 4 is 24.3 Å². The first kappa shape index (κ1) is 44.8. The molecule has 8 heteroatoms. The number of rotatable bonds is 12. The zero-order valence-electron chi connectivity index (χ0n) is 32.2. The normalized spacial score (nSPS) is 11.4. The Hall–Kier alpha value is -5.63. The Labute approximate surface area is 338 Å². The molecule has 0 saturated carbocycles. The Bertz CT molecular complexity index is 1960. The highest BCUT2D eigenvalue weighted by Gasteiger charge is 2.17. The van der Waals surface area contributed by atoms with Gasteiger partial charge in [0.25, 0.3) is 0 Å². The maximum absolute atomic E-state index is 12.2. The lowest BCUT2D eigenvalue weighted by molar-refractivity contribution is -0.146. The van der Waals surface area contributed by atoms with Crippen molar-refractivity contribution in [2.75, 3.05) is 0 Å². The minimum absolute atomic E-state index is 0. The minimum Gasteiger partial charge on any atom is -0.461 e. The van der Waals surface area contributed by atoms with Crippen molar-refractivity contribution in [3.05, 3.63) is 178 Å². The molecular weight excluding hydrogens is 718 g/mol. The first-order chi connectivity index (χ1) is 26.1. The van der Waals surface area contributed by atoms with Gasteiger partial charge < -0.3 is 15.2 Å². The Kier molecular flexibility index (Phi) is 17.6. The molecule has 0 aliphatic carbocycles. The first-order valence-corrected chi connectivity index (χ1v) is 18.3. The van der Waals surface area contributed by atoms with E-state index >= 15 is 0 Å². The van der Waals surface area contributed by atoms with Crippen LogP contribution in [-0.4, -0.2) is 21.9 Å². The van der Waals surface area contributed by atoms with Crippen LogP contribution in [0.1, 0.15) is 83.7 Å². The summed E-state index contributed by atoms with van der Waals surface area (Å²) in [6, 6.07) is 35.5. The van der Waals surface area contributed by atoms with Gasteiger partial charge in [-0.05, 0) is 101 Å². The molecule has 0 bridgehead atoms. The molecule has 0 spiro atoms. The van der Waals surface area contributed by atoms with E-state index in [-0.39, 0.29) is 50.7 Å². The molecule has 6 rings (SSSR count). The van der Waals surface area contributed by atoms with Crippen LogP contribution < -0.4 is 5.73 Å². The zero-order chi connectivity index (χ0) is 38.5. The SMILES string of the molecule is C.Cc1cccc(C)c1-c1cncc([C@H](C)CC(=O)OCc2ccccc2)c1.Cc1cccc(C)c1-c1cncc([C@H](N)CC(=O)OCc2ccccc2)c1.Cl. The molecule has 0 fully saturated rings. The van der Waals surface area contributed by atoms with Crippen molar-refractivity contribution in [3.8, 4) is 22.3 Å². The van der Waals surface area contributed by atoms with E-state index in [9.17, 15) is 9.59 Å². The van der Waals surface area contributed by atoms with Crippen molar-refractivity contribution in [2.24, 2.45) is 5.73 Å². The quantitative estimate of drug-likeness (QED) is 0.124. The van der Waals surface area contributed by atoms with Crippen LogP contribution in [0, 0.1) is 27.7 Å². The smallest absolute Gasteiger partial charge is 0.308 e. The maximum Gasteiger partial charge on any atom is 0.308 e. The molecule has 0 radical (unpaired) electrons. The van der Waals surface area contributed by atoms with Crippen molar-refractivity contribution in [2.45, 2.75) is 80.1 Å². The summed E-state index contributed by atoms with van der Waals surface area (Å²) in [6.07, 6.45) is 7.73. The molecule has 7 nitrogen and oxygen atoms in total. The third kappa shape index (κ3) is 12.7. The highest BCUT2D eigenvalue weighted by atomic mass is 35.5. The molecular formula is C48H54ClN3O4. The number of hydrogen-bond acceptors (Lipinski definition) is 7. The maximum atomic E-state index is 12.2. The van der Waals surface area contributed by atoms with Crippen molar-refractivity contribution in [1.29, 1.82) is 0 Å². The van der Waals surface area contributed by atoms with Crippen LogP contribution in [0.3, 0.4) is 0 Å². The highest BCUT2D eigenvalue weighted by Crippen LogP contribution is 2.31. The second-order valence-corrected chi connectivity index (χ2v) is 13.8. The van der Waals surface area contributed by atoms with E-state index in [1.807, 2.05) is 98.3 Å². The Morgan fingerprint density at radius 2 is 0.964 bits per heavy atom. The number of nitrogens with zero attached hydrogens (tertiary/aromatic N) is 2. The van der Waals surface area contributed by atoms with Gasteiger partial charge >= 0.3 is 11.9 Å². The number of nitrogens with two attached hydrogens (primary N) is 1. The summed E-state index contributed by atoms with van der Waals surface area (Å²) >= 11 is 0. The average Bonchev–Trinajstić information content (AvgIpc) is 3.17. The molecule has 2 atom stereocenters. The molecule has 4 aromatic carbocycles. The van der Waals surface area contributed by atoms with Gasteiger partial charge in [-0.3, -0.25) is 19.6 Å². The predicted octanol–water partition coefficient (Wildman–Crippen LogP) is 11.2. The molecule has 0 aliphatic rings. The van der Waals surface area contributed by atoms with Gasteiger partial charge in [-0.2, -0.15) is 0 Å². The molecule has 6 aromatic rings. The monoisotopic (exact) mass is 771 g/mol. The van der Waals surface area contributed by atoms with Crippen LogP contribution in [0.25, 0.3) is 22.3 Å². The van der Waals surface area contributed by atoms with Gasteiger partial charge in [0.15, 0.2) is 0 Å². The van der Waals surface area contributed by atoms with Gasteiger partial charge in [0.05, 0.1) is 12.8 Å². The number of aromatic nitrogens is 2. The van der Waals surface area contributed by atoms with Crippen LogP contribution in [0.2, 0.25) is 0 Å². The van der Waals surface area contributed by atoms with E-state index in [1.165, 1.54) is 27.8 Å². The lowest BCUT2D eigenvalue weighted by Crippen LogP contribution is -2.17. The second-order valence-electron chi connectivity index (χ2n) is 13.8. The molecule has 0 amide bonds. The largest absolute Gasteiger partial charge is 0.461 e. The van der Waals surface area contributed by atoms with Crippen LogP contribution in [-0.2, 0) is 32.3 Å². The lowest BCUT2D eigenvalue weighted by atomic mass is 9.93. The summed E-state index contributed by atoms with van der Waals surface area (Å²) in [5.41, 5.74) is 19.4. The average molecular weight is 772 g/mol. The molecule has 292 valence electrons. The molecule has 0 aliphatic heterocycles. The summed E-state index contributed by atoms with van der Waals surface area (Å²) in [6.45, 7) is 11.0. The number of carbonyl (C=O) groups is 2. The minimum atomic E-state index is -0.454. The standard InChI is InChI=1S/C24H25NO2.C23H24N2O2.CH4.ClH/c1-17-8-7-9-18(2)24(17)22-13-21(14-25-15-22)19(3)12-23(26)27-16-20-10-5-4-6-11-20;1-16-7-6-8-17(2)23(16)20-11-19(13-25-14-20)21(24)12-22(26)27-15-18-9-4-3-5-10-18;;/h4-11,13-15,19H,12,16H2,1-3H3;3-11,13-14,21H,12,15,24H2,1-2H3;1H4;1H/t19-;21-;;/m11../s1. The predicted molar refractivity (Wildman–Crippen MR) is 229 cm³/mol. The fourth-order valence-corrected chi connectivity index (χ4v) is 6.46. The summed E-state index contributed by atoms with van der Waals surface area (Å²) in [7, 11) is 0. The number of ether oxygens (including phenoxy) is 2. The molecule has 2 heterocycles. The zero-order valence-corrected chi connectivity index (χ0v) is 33.0. The van der Waals surface area contributed by atoms with Crippen LogP contribution in [0.5, 0.6) is 0 Å². The van der Waals surface area contributed by atoms with Gasteiger partial charge in [-0.25, -0.2) is 0 Å². The van der Waals surface area contributed by atoms with Gasteiger partial charge in [-0.1, -0.05) is 111 Å². The van der Waals surface area contributed by atoms with Gasteiger partial charge in [-0.15, -0.1) is 12.4 Å². The van der Waals surface area contributed by atoms with Gasteiger partial charge in [0.1, 0.15) is 13.2 Å². The molecule has 56 heavy (non-hydrogen) atoms. The molecule has 2 N–H and O–H groups in total. The van der Waals surface area contributed by atoms with Crippen molar-refractivity contribution < 1.29 is 19.1 Å². The number of benzene rings is 4. The van der Waals surface area contributed by atoms with E-state index in [0.29, 0.717) is 13.0 Å². The van der Waals surface area contributed by atoms with E-state index in [0.717, 1.165) is 38.9 Å². The van der Waals surface area contributed by atoms with E-state index in [1.54, 1.807) is 6.20 Å². The summed E-state index contributed by atoms with van der Waals surface area (Å²) in [5, 5.41) is 0. The third-order valence-electron chi connectivity index (χ3n) is 9.40. The van der Waals surface area contributed by atoms with Gasteiger partial charge in [0, 0.05) is 42.0 Å². The van der Waals surface area contributed by atoms with Gasteiger partial charge in [0.2, 0.25) is 0 Å². The van der Waals surface area contributed by atoms with Crippen LogP contribution >= 0.6 is 12.4 Å². The van der Waals surface area contributed by atoms with E-state index in [2.05, 4.69) is 74.1 Å². The molecule has 0 unspecified atom stereocenters. The molecule has 0 saturated heterocycles. The highest BCUT2D eigenvalue weighted by molar-refractivity contribution is 5.85. The van der Waals surface area contributed by atoms with E-state index in [4.69, 9.17) is 15.2 Å². The molecule has 2 aromatic heterocycles. The van der Waals surface area contributed by atoms with Crippen molar-refractivity contribution in [1.82, 2.24) is 9.97 Å². The summed E-state index contributed by atoms with van der Waals surface area (Å²) in [4.78, 5) is 33.1. The first-order valence-electron chi connectivity index (χ1n) is 18.3. The Balaban J connectivity index is 0.000000290. The van der Waals surface area contributed by atoms with E-state index < -0.39 is 6.04 Å². The fourth-order valence-electron chi connectivity index (χ4n) is 6.46. The number of pyridine rings is 2. The Morgan fingerprint density at radius 3 is 1.41 bits per heavy atom. The number of halogens is 1.